The molecule has 0 aliphatic heterocycles. The van der Waals surface area contributed by atoms with Crippen LogP contribution in [0.1, 0.15) is 10.5 Å². The van der Waals surface area contributed by atoms with Gasteiger partial charge in [-0.1, -0.05) is 23.7 Å². The number of nitrogens with two attached hydrogens (primary N) is 2. The van der Waals surface area contributed by atoms with Gasteiger partial charge in [0.1, 0.15) is 17.2 Å². The molecule has 7 nitrogen and oxygen atoms in total. The summed E-state index contributed by atoms with van der Waals surface area (Å²) in [6.45, 7) is 0. The highest BCUT2D eigenvalue weighted by atomic mass is 35.5. The molecule has 0 aliphatic carbocycles. The number of amides is 1. The summed E-state index contributed by atoms with van der Waals surface area (Å²) in [6.07, 6.45) is 0. The van der Waals surface area contributed by atoms with Crippen molar-refractivity contribution in [2.45, 2.75) is 0 Å². The highest BCUT2D eigenvalue weighted by Gasteiger charge is 2.14. The molecule has 0 saturated carbocycles. The number of aromatic nitrogens is 1. The molecule has 0 spiro atoms. The van der Waals surface area contributed by atoms with Crippen LogP contribution in [0.5, 0.6) is 11.5 Å². The van der Waals surface area contributed by atoms with Crippen molar-refractivity contribution in [1.82, 2.24) is 10.3 Å². The Labute approximate surface area is 148 Å². The Morgan fingerprint density at radius 1 is 1.28 bits per heavy atom. The molecule has 1 amide bonds. The molecule has 1 heterocycles. The number of halogens is 1. The lowest BCUT2D eigenvalue weighted by molar-refractivity contribution is 0.0972. The third-order valence-corrected chi connectivity index (χ3v) is 3.85. The van der Waals surface area contributed by atoms with E-state index in [1.807, 2.05) is 12.1 Å². The monoisotopic (exact) mass is 357 g/mol. The van der Waals surface area contributed by atoms with E-state index >= 15 is 0 Å². The molecule has 3 rings (SSSR count). The SMILES string of the molecule is CN=C(N)NC(=O)c1cc2c(Cl)cc(Oc3ccccc3N)cc2[nH]1. The number of nitrogens with one attached hydrogen (secondary N) is 2. The van der Waals surface area contributed by atoms with Gasteiger partial charge in [-0.15, -0.1) is 0 Å². The molecule has 0 atom stereocenters. The van der Waals surface area contributed by atoms with Crippen molar-refractivity contribution >= 4 is 40.1 Å². The molecular weight excluding hydrogens is 342 g/mol. The molecule has 2 aromatic carbocycles. The minimum Gasteiger partial charge on any atom is -0.455 e. The Balaban J connectivity index is 1.94. The van der Waals surface area contributed by atoms with Gasteiger partial charge in [0.25, 0.3) is 5.91 Å². The van der Waals surface area contributed by atoms with Gasteiger partial charge in [-0.2, -0.15) is 0 Å². The third-order valence-electron chi connectivity index (χ3n) is 3.54. The van der Waals surface area contributed by atoms with Crippen molar-refractivity contribution in [3.05, 3.63) is 53.2 Å². The van der Waals surface area contributed by atoms with E-state index in [1.165, 1.54) is 7.05 Å². The normalized spacial score (nSPS) is 11.5. The van der Waals surface area contributed by atoms with Crippen molar-refractivity contribution < 1.29 is 9.53 Å². The molecule has 3 aromatic rings. The van der Waals surface area contributed by atoms with E-state index < -0.39 is 5.91 Å². The first-order chi connectivity index (χ1) is 12.0. The Bertz CT molecular complexity index is 980. The van der Waals surface area contributed by atoms with Crippen LogP contribution in [0.3, 0.4) is 0 Å². The van der Waals surface area contributed by atoms with E-state index in [1.54, 1.807) is 30.3 Å². The molecule has 0 fully saturated rings. The lowest BCUT2D eigenvalue weighted by Gasteiger charge is -2.08. The zero-order valence-corrected chi connectivity index (χ0v) is 14.1. The average Bonchev–Trinajstić information content (AvgIpc) is 3.01. The van der Waals surface area contributed by atoms with Crippen LogP contribution >= 0.6 is 11.6 Å². The number of para-hydroxylation sites is 2. The van der Waals surface area contributed by atoms with E-state index in [0.29, 0.717) is 38.8 Å². The molecule has 1 aromatic heterocycles. The zero-order chi connectivity index (χ0) is 18.0. The van der Waals surface area contributed by atoms with Crippen molar-refractivity contribution in [1.29, 1.82) is 0 Å². The summed E-state index contributed by atoms with van der Waals surface area (Å²) >= 11 is 6.31. The number of ether oxygens (including phenoxy) is 1. The second kappa shape index (κ2) is 6.74. The van der Waals surface area contributed by atoms with Gasteiger partial charge in [-0.05, 0) is 18.2 Å². The van der Waals surface area contributed by atoms with Crippen LogP contribution in [-0.2, 0) is 0 Å². The molecule has 0 saturated heterocycles. The Hall–Kier alpha value is -3.19. The first-order valence-corrected chi connectivity index (χ1v) is 7.74. The van der Waals surface area contributed by atoms with Gasteiger partial charge in [0, 0.05) is 24.6 Å². The zero-order valence-electron chi connectivity index (χ0n) is 13.3. The first kappa shape index (κ1) is 16.7. The number of aromatic amines is 1. The minimum absolute atomic E-state index is 0.0262. The number of H-pyrrole nitrogens is 1. The largest absolute Gasteiger partial charge is 0.455 e. The molecule has 0 aliphatic rings. The summed E-state index contributed by atoms with van der Waals surface area (Å²) in [5.41, 5.74) is 12.9. The number of aliphatic imine (C=N–C) groups is 1. The Morgan fingerprint density at radius 2 is 2.04 bits per heavy atom. The maximum absolute atomic E-state index is 12.1. The van der Waals surface area contributed by atoms with Crippen LogP contribution in [0, 0.1) is 0 Å². The number of nitrogens with zero attached hydrogens (tertiary/aromatic N) is 1. The third kappa shape index (κ3) is 3.51. The van der Waals surface area contributed by atoms with Crippen LogP contribution in [0.4, 0.5) is 5.69 Å². The fraction of sp³-hybridized carbons (Fsp3) is 0.0588. The van der Waals surface area contributed by atoms with Crippen LogP contribution < -0.4 is 21.5 Å². The number of benzene rings is 2. The topological polar surface area (TPSA) is 119 Å². The maximum atomic E-state index is 12.1. The van der Waals surface area contributed by atoms with Gasteiger partial charge in [0.2, 0.25) is 0 Å². The van der Waals surface area contributed by atoms with Crippen LogP contribution in [-0.4, -0.2) is 23.9 Å². The highest BCUT2D eigenvalue weighted by molar-refractivity contribution is 6.35. The number of fused-ring (bicyclic) bond motifs is 1. The minimum atomic E-state index is -0.412. The standard InChI is InChI=1S/C17H16ClN5O2/c1-21-17(20)23-16(24)14-8-10-11(18)6-9(7-13(10)22-14)25-15-5-3-2-4-12(15)19/h2-8,22H,19H2,1H3,(H3,20,21,23,24). The number of hydrogen-bond donors (Lipinski definition) is 4. The second-order valence-corrected chi connectivity index (χ2v) is 5.66. The molecular formula is C17H16ClN5O2. The lowest BCUT2D eigenvalue weighted by atomic mass is 10.2. The summed E-state index contributed by atoms with van der Waals surface area (Å²) in [7, 11) is 1.48. The number of carbonyl (C=O) groups excluding carboxylic acids is 1. The second-order valence-electron chi connectivity index (χ2n) is 5.25. The van der Waals surface area contributed by atoms with Crippen LogP contribution in [0.25, 0.3) is 10.9 Å². The lowest BCUT2D eigenvalue weighted by Crippen LogP contribution is -2.36. The number of rotatable bonds is 3. The number of carbonyl (C=O) groups is 1. The van der Waals surface area contributed by atoms with Crippen LogP contribution in [0.15, 0.2) is 47.5 Å². The Morgan fingerprint density at radius 3 is 2.76 bits per heavy atom. The van der Waals surface area contributed by atoms with E-state index in [4.69, 9.17) is 27.8 Å². The summed E-state index contributed by atoms with van der Waals surface area (Å²) in [5.74, 6) is 0.636. The quantitative estimate of drug-likeness (QED) is 0.327. The number of hydrogen-bond acceptors (Lipinski definition) is 4. The molecule has 25 heavy (non-hydrogen) atoms. The predicted molar refractivity (Wildman–Crippen MR) is 99.2 cm³/mol. The van der Waals surface area contributed by atoms with Gasteiger partial charge in [-0.3, -0.25) is 15.1 Å². The fourth-order valence-electron chi connectivity index (χ4n) is 2.29. The Kier molecular flexibility index (Phi) is 4.49. The average molecular weight is 358 g/mol. The first-order valence-electron chi connectivity index (χ1n) is 7.36. The summed E-state index contributed by atoms with van der Waals surface area (Å²) in [4.78, 5) is 18.8. The molecule has 6 N–H and O–H groups in total. The van der Waals surface area contributed by atoms with E-state index in [-0.39, 0.29) is 5.96 Å². The summed E-state index contributed by atoms with van der Waals surface area (Å²) < 4.78 is 5.78. The van der Waals surface area contributed by atoms with Gasteiger partial charge >= 0.3 is 0 Å². The predicted octanol–water partition coefficient (Wildman–Crippen LogP) is 2.87. The van der Waals surface area contributed by atoms with Gasteiger partial charge < -0.3 is 21.2 Å². The molecule has 0 bridgehead atoms. The number of guanidine groups is 1. The van der Waals surface area contributed by atoms with Gasteiger partial charge in [-0.25, -0.2) is 0 Å². The smallest absolute Gasteiger partial charge is 0.274 e. The van der Waals surface area contributed by atoms with E-state index in [2.05, 4.69) is 15.3 Å². The number of nitrogen functional groups attached to an aromatic ring is 1. The summed E-state index contributed by atoms with van der Waals surface area (Å²) in [5, 5.41) is 3.58. The maximum Gasteiger partial charge on any atom is 0.274 e. The van der Waals surface area contributed by atoms with E-state index in [9.17, 15) is 4.79 Å². The van der Waals surface area contributed by atoms with Crippen molar-refractivity contribution in [3.8, 4) is 11.5 Å². The van der Waals surface area contributed by atoms with Gasteiger partial charge in [0.05, 0.1) is 16.2 Å². The van der Waals surface area contributed by atoms with Crippen molar-refractivity contribution in [2.24, 2.45) is 10.7 Å². The number of anilines is 1. The molecule has 0 unspecified atom stereocenters. The molecule has 0 radical (unpaired) electrons. The van der Waals surface area contributed by atoms with E-state index in [0.717, 1.165) is 0 Å². The fourth-order valence-corrected chi connectivity index (χ4v) is 2.55. The molecule has 8 heteroatoms. The van der Waals surface area contributed by atoms with Crippen molar-refractivity contribution in [2.75, 3.05) is 12.8 Å². The van der Waals surface area contributed by atoms with Crippen molar-refractivity contribution in [3.63, 3.8) is 0 Å². The highest BCUT2D eigenvalue weighted by Crippen LogP contribution is 2.33. The van der Waals surface area contributed by atoms with Gasteiger partial charge in [0.15, 0.2) is 5.96 Å². The summed E-state index contributed by atoms with van der Waals surface area (Å²) in [6, 6.07) is 12.2. The molecule has 128 valence electrons. The van der Waals surface area contributed by atoms with Crippen LogP contribution in [0.2, 0.25) is 5.02 Å².